The third-order valence-corrected chi connectivity index (χ3v) is 2.14. The van der Waals surface area contributed by atoms with Crippen LogP contribution in [0.5, 0.6) is 5.75 Å². The first-order valence-electron chi connectivity index (χ1n) is 4.87. The molecule has 0 atom stereocenters. The average molecular weight is 242 g/mol. The first-order valence-corrected chi connectivity index (χ1v) is 4.87. The molecule has 2 rings (SSSR count). The summed E-state index contributed by atoms with van der Waals surface area (Å²) in [7, 11) is 0. The molecule has 0 aliphatic heterocycles. The van der Waals surface area contributed by atoms with Gasteiger partial charge in [0.05, 0.1) is 6.20 Å². The number of aromatic amines is 1. The minimum absolute atomic E-state index is 0.191. The number of nitrogens with one attached hydrogen (secondary N) is 1. The van der Waals surface area contributed by atoms with E-state index in [0.29, 0.717) is 5.56 Å². The molecule has 0 bridgehead atoms. The minimum Gasteiger partial charge on any atom is -0.485 e. The number of rotatable bonds is 4. The van der Waals surface area contributed by atoms with Crippen LogP contribution in [0.25, 0.3) is 11.1 Å². The van der Waals surface area contributed by atoms with Gasteiger partial charge in [-0.05, 0) is 6.07 Å². The normalized spacial score (nSPS) is 10.8. The fraction of sp³-hybridized carbons (Fsp3) is 0.182. The van der Waals surface area contributed by atoms with Crippen LogP contribution in [-0.2, 0) is 0 Å². The van der Waals surface area contributed by atoms with Crippen LogP contribution in [0.15, 0.2) is 30.6 Å². The Hall–Kier alpha value is -1.98. The maximum absolute atomic E-state index is 13.9. The zero-order chi connectivity index (χ0) is 12.3. The van der Waals surface area contributed by atoms with E-state index in [1.54, 1.807) is 0 Å². The second-order valence-corrected chi connectivity index (χ2v) is 3.31. The van der Waals surface area contributed by atoms with Crippen molar-refractivity contribution < 1.29 is 17.9 Å². The number of hydrogen-bond donors (Lipinski definition) is 1. The lowest BCUT2D eigenvalue weighted by molar-refractivity contribution is 0.0800. The van der Waals surface area contributed by atoms with E-state index in [1.807, 2.05) is 0 Å². The maximum atomic E-state index is 13.9. The fourth-order valence-corrected chi connectivity index (χ4v) is 1.40. The van der Waals surface area contributed by atoms with Crippen molar-refractivity contribution in [3.05, 3.63) is 36.4 Å². The van der Waals surface area contributed by atoms with Gasteiger partial charge in [-0.1, -0.05) is 12.1 Å². The molecule has 90 valence electrons. The van der Waals surface area contributed by atoms with Gasteiger partial charge in [0, 0.05) is 17.3 Å². The molecule has 2 aromatic rings. The van der Waals surface area contributed by atoms with Gasteiger partial charge in [0.2, 0.25) is 0 Å². The third-order valence-electron chi connectivity index (χ3n) is 2.14. The lowest BCUT2D eigenvalue weighted by Gasteiger charge is -2.08. The van der Waals surface area contributed by atoms with Gasteiger partial charge in [0.1, 0.15) is 6.61 Å². The summed E-state index contributed by atoms with van der Waals surface area (Å²) in [4.78, 5) is 0. The lowest BCUT2D eigenvalue weighted by atomic mass is 10.1. The van der Waals surface area contributed by atoms with Crippen molar-refractivity contribution in [2.75, 3.05) is 6.61 Å². The molecule has 1 N–H and O–H groups in total. The summed E-state index contributed by atoms with van der Waals surface area (Å²) >= 11 is 0. The van der Waals surface area contributed by atoms with Crippen molar-refractivity contribution in [3.63, 3.8) is 0 Å². The average Bonchev–Trinajstić information content (AvgIpc) is 2.81. The molecule has 0 unspecified atom stereocenters. The number of H-pyrrole nitrogens is 1. The fourth-order valence-electron chi connectivity index (χ4n) is 1.40. The number of nitrogens with zero attached hydrogens (tertiary/aromatic N) is 1. The molecule has 0 aliphatic carbocycles. The zero-order valence-electron chi connectivity index (χ0n) is 8.66. The van der Waals surface area contributed by atoms with Gasteiger partial charge in [-0.15, -0.1) is 0 Å². The van der Waals surface area contributed by atoms with E-state index in [-0.39, 0.29) is 11.3 Å². The summed E-state index contributed by atoms with van der Waals surface area (Å²) in [6, 6.07) is 4.36. The number of aromatic nitrogens is 2. The van der Waals surface area contributed by atoms with Crippen molar-refractivity contribution in [1.82, 2.24) is 10.2 Å². The van der Waals surface area contributed by atoms with Crippen molar-refractivity contribution in [2.24, 2.45) is 0 Å². The smallest absolute Gasteiger partial charge is 0.272 e. The number of benzene rings is 1. The highest BCUT2D eigenvalue weighted by Gasteiger charge is 2.13. The molecular weight excluding hydrogens is 233 g/mol. The molecule has 0 fully saturated rings. The standard InChI is InChI=1S/C11H9F3N2O/c12-10(13)6-17-9-3-1-2-8(11(9)14)7-4-15-16-5-7/h1-5,10H,6H2,(H,15,16). The predicted molar refractivity (Wildman–Crippen MR) is 55.5 cm³/mol. The number of hydrogen-bond acceptors (Lipinski definition) is 2. The Bertz CT molecular complexity index is 485. The maximum Gasteiger partial charge on any atom is 0.272 e. The summed E-state index contributed by atoms with van der Waals surface area (Å²) in [5.41, 5.74) is 0.788. The van der Waals surface area contributed by atoms with E-state index in [0.717, 1.165) is 0 Å². The summed E-state index contributed by atoms with van der Waals surface area (Å²) in [5.74, 6) is -0.862. The molecule has 0 saturated carbocycles. The molecule has 0 amide bonds. The number of ether oxygens (including phenoxy) is 1. The van der Waals surface area contributed by atoms with Gasteiger partial charge >= 0.3 is 0 Å². The quantitative estimate of drug-likeness (QED) is 0.895. The molecule has 6 heteroatoms. The second-order valence-electron chi connectivity index (χ2n) is 3.31. The number of alkyl halides is 2. The molecule has 3 nitrogen and oxygen atoms in total. The van der Waals surface area contributed by atoms with Crippen LogP contribution in [0.4, 0.5) is 13.2 Å². The topological polar surface area (TPSA) is 37.9 Å². The Kier molecular flexibility index (Phi) is 3.32. The van der Waals surface area contributed by atoms with Crippen LogP contribution in [0.3, 0.4) is 0 Å². The largest absolute Gasteiger partial charge is 0.485 e. The molecule has 1 heterocycles. The third kappa shape index (κ3) is 2.58. The lowest BCUT2D eigenvalue weighted by Crippen LogP contribution is -2.08. The Morgan fingerprint density at radius 3 is 2.82 bits per heavy atom. The molecular formula is C11H9F3N2O. The van der Waals surface area contributed by atoms with Gasteiger partial charge in [-0.3, -0.25) is 5.10 Å². The van der Waals surface area contributed by atoms with E-state index in [4.69, 9.17) is 0 Å². The molecule has 1 aromatic carbocycles. The molecule has 17 heavy (non-hydrogen) atoms. The van der Waals surface area contributed by atoms with Crippen LogP contribution >= 0.6 is 0 Å². The molecule has 0 spiro atoms. The molecule has 0 radical (unpaired) electrons. The van der Waals surface area contributed by atoms with Gasteiger partial charge in [0.25, 0.3) is 6.43 Å². The molecule has 0 saturated heterocycles. The highest BCUT2D eigenvalue weighted by atomic mass is 19.3. The Morgan fingerprint density at radius 1 is 1.35 bits per heavy atom. The monoisotopic (exact) mass is 242 g/mol. The summed E-state index contributed by atoms with van der Waals surface area (Å²) in [6.45, 7) is -0.828. The van der Waals surface area contributed by atoms with Crippen molar-refractivity contribution in [1.29, 1.82) is 0 Å². The van der Waals surface area contributed by atoms with E-state index in [2.05, 4.69) is 14.9 Å². The summed E-state index contributed by atoms with van der Waals surface area (Å²) in [5, 5.41) is 6.24. The van der Waals surface area contributed by atoms with E-state index < -0.39 is 18.8 Å². The molecule has 0 aliphatic rings. The van der Waals surface area contributed by atoms with E-state index >= 15 is 0 Å². The van der Waals surface area contributed by atoms with Gasteiger partial charge < -0.3 is 4.74 Å². The first-order chi connectivity index (χ1) is 8.18. The van der Waals surface area contributed by atoms with Crippen molar-refractivity contribution in [3.8, 4) is 16.9 Å². The van der Waals surface area contributed by atoms with Crippen LogP contribution in [0, 0.1) is 5.82 Å². The highest BCUT2D eigenvalue weighted by molar-refractivity contribution is 5.64. The molecule has 1 aromatic heterocycles. The van der Waals surface area contributed by atoms with E-state index in [1.165, 1.54) is 30.6 Å². The summed E-state index contributed by atoms with van der Waals surface area (Å²) in [6.07, 6.45) is 0.317. The van der Waals surface area contributed by atoms with Crippen LogP contribution in [0.1, 0.15) is 0 Å². The Morgan fingerprint density at radius 2 is 2.18 bits per heavy atom. The Balaban J connectivity index is 2.27. The van der Waals surface area contributed by atoms with E-state index in [9.17, 15) is 13.2 Å². The predicted octanol–water partition coefficient (Wildman–Crippen LogP) is 2.86. The van der Waals surface area contributed by atoms with Crippen LogP contribution < -0.4 is 4.74 Å². The van der Waals surface area contributed by atoms with Crippen LogP contribution in [0.2, 0.25) is 0 Å². The first kappa shape index (κ1) is 11.5. The second kappa shape index (κ2) is 4.90. The van der Waals surface area contributed by atoms with Crippen LogP contribution in [-0.4, -0.2) is 23.2 Å². The van der Waals surface area contributed by atoms with Gasteiger partial charge in [-0.2, -0.15) is 5.10 Å². The van der Waals surface area contributed by atoms with Crippen molar-refractivity contribution >= 4 is 0 Å². The number of halogens is 3. The summed E-state index contributed by atoms with van der Waals surface area (Å²) < 4.78 is 42.5. The minimum atomic E-state index is -2.63. The van der Waals surface area contributed by atoms with Gasteiger partial charge in [-0.25, -0.2) is 13.2 Å². The SMILES string of the molecule is Fc1c(OCC(F)F)cccc1-c1cn[nH]c1. The van der Waals surface area contributed by atoms with Crippen molar-refractivity contribution in [2.45, 2.75) is 6.43 Å². The van der Waals surface area contributed by atoms with Gasteiger partial charge in [0.15, 0.2) is 11.6 Å². The Labute approximate surface area is 95.2 Å². The zero-order valence-corrected chi connectivity index (χ0v) is 8.66. The highest BCUT2D eigenvalue weighted by Crippen LogP contribution is 2.28.